The molecule has 5 nitrogen and oxygen atoms in total. The Labute approximate surface area is 102 Å². The maximum Gasteiger partial charge on any atom is 0.330 e. The van der Waals surface area contributed by atoms with Crippen molar-refractivity contribution in [2.24, 2.45) is 0 Å². The van der Waals surface area contributed by atoms with Gasteiger partial charge in [0.05, 0.1) is 7.11 Å². The van der Waals surface area contributed by atoms with Crippen molar-refractivity contribution in [3.05, 3.63) is 12.2 Å². The molecule has 17 heavy (non-hydrogen) atoms. The van der Waals surface area contributed by atoms with Gasteiger partial charge in [0.1, 0.15) is 11.6 Å². The molecule has 0 saturated heterocycles. The van der Waals surface area contributed by atoms with Crippen LogP contribution in [0.3, 0.4) is 0 Å². The molecule has 1 N–H and O–H groups in total. The van der Waals surface area contributed by atoms with E-state index in [0.717, 1.165) is 0 Å². The molecule has 0 aromatic rings. The zero-order chi connectivity index (χ0) is 13.5. The maximum atomic E-state index is 11.5. The first-order valence-corrected chi connectivity index (χ1v) is 5.47. The van der Waals surface area contributed by atoms with Crippen molar-refractivity contribution in [1.29, 1.82) is 0 Å². The number of methoxy groups -OCH3 is 1. The van der Waals surface area contributed by atoms with Crippen LogP contribution in [-0.4, -0.2) is 37.2 Å². The quantitative estimate of drug-likeness (QED) is 0.577. The molecular weight excluding hydrogens is 222 g/mol. The van der Waals surface area contributed by atoms with Gasteiger partial charge in [-0.3, -0.25) is 4.79 Å². The number of esters is 2. The number of nitrogens with one attached hydrogen (secondary N) is 1. The van der Waals surface area contributed by atoms with Gasteiger partial charge in [-0.2, -0.15) is 0 Å². The highest BCUT2D eigenvalue weighted by molar-refractivity contribution is 5.81. The van der Waals surface area contributed by atoms with E-state index in [4.69, 9.17) is 4.74 Å². The first-order valence-electron chi connectivity index (χ1n) is 5.47. The Kier molecular flexibility index (Phi) is 6.50. The topological polar surface area (TPSA) is 64.6 Å². The summed E-state index contributed by atoms with van der Waals surface area (Å²) < 4.78 is 9.61. The molecule has 0 amide bonds. The molecule has 0 aliphatic heterocycles. The molecule has 0 rings (SSSR count). The number of hydrogen-bond donors (Lipinski definition) is 1. The van der Waals surface area contributed by atoms with Crippen LogP contribution < -0.4 is 5.32 Å². The molecule has 5 heteroatoms. The van der Waals surface area contributed by atoms with Crippen molar-refractivity contribution < 1.29 is 19.1 Å². The van der Waals surface area contributed by atoms with E-state index in [0.29, 0.717) is 6.54 Å². The third-order valence-electron chi connectivity index (χ3n) is 1.76. The number of hydrogen-bond acceptors (Lipinski definition) is 5. The molecule has 0 bridgehead atoms. The summed E-state index contributed by atoms with van der Waals surface area (Å²) >= 11 is 0. The highest BCUT2D eigenvalue weighted by Crippen LogP contribution is 2.08. The normalized spacial score (nSPS) is 13.5. The van der Waals surface area contributed by atoms with Gasteiger partial charge in [0, 0.05) is 12.6 Å². The first-order chi connectivity index (χ1) is 7.76. The van der Waals surface area contributed by atoms with E-state index in [9.17, 15) is 9.59 Å². The van der Waals surface area contributed by atoms with Crippen LogP contribution in [-0.2, 0) is 19.1 Å². The SMILES string of the molecule is COC(=O)C=CCN[C@H](C)C(=O)OC(C)(C)C. The van der Waals surface area contributed by atoms with Crippen molar-refractivity contribution in [2.45, 2.75) is 39.3 Å². The predicted molar refractivity (Wildman–Crippen MR) is 64.5 cm³/mol. The summed E-state index contributed by atoms with van der Waals surface area (Å²) in [4.78, 5) is 22.3. The van der Waals surface area contributed by atoms with E-state index in [2.05, 4.69) is 10.1 Å². The third-order valence-corrected chi connectivity index (χ3v) is 1.76. The van der Waals surface area contributed by atoms with E-state index in [1.807, 2.05) is 20.8 Å². The summed E-state index contributed by atoms with van der Waals surface area (Å²) in [6, 6.07) is -0.420. The highest BCUT2D eigenvalue weighted by Gasteiger charge is 2.20. The monoisotopic (exact) mass is 243 g/mol. The minimum Gasteiger partial charge on any atom is -0.466 e. The van der Waals surface area contributed by atoms with Crippen LogP contribution in [0.4, 0.5) is 0 Å². The van der Waals surface area contributed by atoms with E-state index in [1.165, 1.54) is 13.2 Å². The number of ether oxygens (including phenoxy) is 2. The molecule has 1 atom stereocenters. The lowest BCUT2D eigenvalue weighted by Gasteiger charge is -2.22. The summed E-state index contributed by atoms with van der Waals surface area (Å²) in [6.45, 7) is 7.55. The summed E-state index contributed by atoms with van der Waals surface area (Å²) in [7, 11) is 1.31. The largest absolute Gasteiger partial charge is 0.466 e. The minimum atomic E-state index is -0.491. The lowest BCUT2D eigenvalue weighted by atomic mass is 10.2. The van der Waals surface area contributed by atoms with Crippen molar-refractivity contribution in [2.75, 3.05) is 13.7 Å². The Morgan fingerprint density at radius 1 is 1.35 bits per heavy atom. The molecule has 0 saturated carbocycles. The Hall–Kier alpha value is -1.36. The van der Waals surface area contributed by atoms with Gasteiger partial charge >= 0.3 is 11.9 Å². The van der Waals surface area contributed by atoms with Crippen molar-refractivity contribution in [3.8, 4) is 0 Å². The van der Waals surface area contributed by atoms with Crippen LogP contribution in [0.2, 0.25) is 0 Å². The van der Waals surface area contributed by atoms with Crippen LogP contribution >= 0.6 is 0 Å². The number of rotatable bonds is 5. The average Bonchev–Trinajstić information content (AvgIpc) is 2.21. The van der Waals surface area contributed by atoms with Gasteiger partial charge in [0.15, 0.2) is 0 Å². The zero-order valence-electron chi connectivity index (χ0n) is 11.1. The molecule has 0 aromatic carbocycles. The van der Waals surface area contributed by atoms with Crippen LogP contribution in [0.25, 0.3) is 0 Å². The van der Waals surface area contributed by atoms with Crippen LogP contribution in [0.1, 0.15) is 27.7 Å². The smallest absolute Gasteiger partial charge is 0.330 e. The Morgan fingerprint density at radius 2 is 1.94 bits per heavy atom. The summed E-state index contributed by atoms with van der Waals surface area (Å²) in [5.74, 6) is -0.735. The molecule has 0 aliphatic carbocycles. The van der Waals surface area contributed by atoms with Crippen LogP contribution in [0, 0.1) is 0 Å². The number of carbonyl (C=O) groups excluding carboxylic acids is 2. The van der Waals surface area contributed by atoms with Gasteiger partial charge in [-0.15, -0.1) is 0 Å². The average molecular weight is 243 g/mol. The lowest BCUT2D eigenvalue weighted by Crippen LogP contribution is -2.39. The molecule has 0 radical (unpaired) electrons. The first kappa shape index (κ1) is 15.6. The Morgan fingerprint density at radius 3 is 2.41 bits per heavy atom. The van der Waals surface area contributed by atoms with E-state index in [-0.39, 0.29) is 5.97 Å². The second kappa shape index (κ2) is 7.06. The molecule has 0 aromatic heterocycles. The fourth-order valence-electron chi connectivity index (χ4n) is 0.942. The zero-order valence-corrected chi connectivity index (χ0v) is 11.1. The van der Waals surface area contributed by atoms with Gasteiger partial charge in [0.25, 0.3) is 0 Å². The van der Waals surface area contributed by atoms with Crippen molar-refractivity contribution in [1.82, 2.24) is 5.32 Å². The minimum absolute atomic E-state index is 0.316. The second-order valence-electron chi connectivity index (χ2n) is 4.59. The standard InChI is InChI=1S/C12H21NO4/c1-9(11(15)17-12(2,3)4)13-8-6-7-10(14)16-5/h6-7,9,13H,8H2,1-5H3/t9-/m1/s1. The van der Waals surface area contributed by atoms with E-state index >= 15 is 0 Å². The van der Waals surface area contributed by atoms with Crippen molar-refractivity contribution >= 4 is 11.9 Å². The molecule has 0 unspecified atom stereocenters. The van der Waals surface area contributed by atoms with Gasteiger partial charge < -0.3 is 14.8 Å². The Bertz CT molecular complexity index is 291. The molecule has 0 spiro atoms. The van der Waals surface area contributed by atoms with E-state index in [1.54, 1.807) is 13.0 Å². The van der Waals surface area contributed by atoms with Gasteiger partial charge in [-0.25, -0.2) is 4.79 Å². The summed E-state index contributed by atoms with van der Waals surface area (Å²) in [6.07, 6.45) is 2.89. The number of carbonyl (C=O) groups is 2. The Balaban J connectivity index is 3.94. The lowest BCUT2D eigenvalue weighted by molar-refractivity contribution is -0.156. The predicted octanol–water partition coefficient (Wildman–Crippen LogP) is 1.04. The van der Waals surface area contributed by atoms with Gasteiger partial charge in [-0.1, -0.05) is 6.08 Å². The third kappa shape index (κ3) is 8.45. The molecule has 0 aliphatic rings. The maximum absolute atomic E-state index is 11.5. The summed E-state index contributed by atoms with van der Waals surface area (Å²) in [5.41, 5.74) is -0.491. The molecular formula is C12H21NO4. The highest BCUT2D eigenvalue weighted by atomic mass is 16.6. The van der Waals surface area contributed by atoms with E-state index < -0.39 is 17.6 Å². The van der Waals surface area contributed by atoms with Gasteiger partial charge in [-0.05, 0) is 27.7 Å². The molecule has 98 valence electrons. The second-order valence-corrected chi connectivity index (χ2v) is 4.59. The molecule has 0 heterocycles. The van der Waals surface area contributed by atoms with Crippen LogP contribution in [0.15, 0.2) is 12.2 Å². The fourth-order valence-corrected chi connectivity index (χ4v) is 0.942. The fraction of sp³-hybridized carbons (Fsp3) is 0.667. The van der Waals surface area contributed by atoms with Crippen molar-refractivity contribution in [3.63, 3.8) is 0 Å². The van der Waals surface area contributed by atoms with Crippen LogP contribution in [0.5, 0.6) is 0 Å². The summed E-state index contributed by atoms with van der Waals surface area (Å²) in [5, 5.41) is 2.92. The molecule has 0 fully saturated rings. The van der Waals surface area contributed by atoms with Gasteiger partial charge in [0.2, 0.25) is 0 Å².